The first-order valence-corrected chi connectivity index (χ1v) is 9.70. The minimum absolute atomic E-state index is 0.247. The van der Waals surface area contributed by atoms with Crippen LogP contribution in [0.3, 0.4) is 0 Å². The zero-order valence-electron chi connectivity index (χ0n) is 12.9. The summed E-state index contributed by atoms with van der Waals surface area (Å²) in [7, 11) is -2.85. The summed E-state index contributed by atoms with van der Waals surface area (Å²) in [6, 6.07) is 6.90. The number of benzene rings is 1. The third-order valence-corrected chi connectivity index (χ3v) is 6.39. The lowest BCUT2D eigenvalue weighted by molar-refractivity contribution is 0.182. The van der Waals surface area contributed by atoms with E-state index in [1.165, 1.54) is 6.07 Å². The molecule has 5 nitrogen and oxygen atoms in total. The van der Waals surface area contributed by atoms with Gasteiger partial charge in [0, 0.05) is 32.2 Å². The lowest BCUT2D eigenvalue weighted by Gasteiger charge is -2.40. The van der Waals surface area contributed by atoms with Crippen LogP contribution in [0.25, 0.3) is 0 Å². The number of hydrogen-bond acceptors (Lipinski definition) is 5. The van der Waals surface area contributed by atoms with Crippen LogP contribution in [0, 0.1) is 17.1 Å². The predicted octanol–water partition coefficient (Wildman–Crippen LogP) is 1.40. The molecular weight excluding hydrogens is 317 g/mol. The highest BCUT2D eigenvalue weighted by atomic mass is 32.2. The van der Waals surface area contributed by atoms with Gasteiger partial charge >= 0.3 is 0 Å². The second-order valence-corrected chi connectivity index (χ2v) is 8.49. The summed E-state index contributed by atoms with van der Waals surface area (Å²) in [4.78, 5) is 4.27. The van der Waals surface area contributed by atoms with E-state index in [4.69, 9.17) is 5.26 Å². The summed E-state index contributed by atoms with van der Waals surface area (Å²) in [6.07, 6.45) is 1.80. The fraction of sp³-hybridized carbons (Fsp3) is 0.562. The van der Waals surface area contributed by atoms with Crippen LogP contribution in [0.15, 0.2) is 18.2 Å². The quantitative estimate of drug-likeness (QED) is 0.816. The van der Waals surface area contributed by atoms with E-state index in [2.05, 4.69) is 4.90 Å². The molecule has 7 heteroatoms. The molecule has 0 unspecified atom stereocenters. The van der Waals surface area contributed by atoms with Crippen molar-refractivity contribution in [1.82, 2.24) is 4.90 Å². The number of halogens is 1. The maximum atomic E-state index is 14.1. The Morgan fingerprint density at radius 3 is 2.35 bits per heavy atom. The predicted molar refractivity (Wildman–Crippen MR) is 86.6 cm³/mol. The van der Waals surface area contributed by atoms with E-state index >= 15 is 0 Å². The number of nitrogens with zero attached hydrogens (tertiary/aromatic N) is 3. The van der Waals surface area contributed by atoms with Crippen molar-refractivity contribution in [1.29, 1.82) is 5.26 Å². The van der Waals surface area contributed by atoms with Gasteiger partial charge in [0.15, 0.2) is 9.84 Å². The highest BCUT2D eigenvalue weighted by Crippen LogP contribution is 2.26. The fourth-order valence-electron chi connectivity index (χ4n) is 3.40. The molecule has 2 heterocycles. The van der Waals surface area contributed by atoms with E-state index in [0.717, 1.165) is 25.9 Å². The molecule has 2 fully saturated rings. The second-order valence-electron chi connectivity index (χ2n) is 6.18. The molecule has 2 aliphatic heterocycles. The van der Waals surface area contributed by atoms with Gasteiger partial charge in [0.25, 0.3) is 0 Å². The lowest BCUT2D eigenvalue weighted by Crippen LogP contribution is -2.50. The van der Waals surface area contributed by atoms with Crippen molar-refractivity contribution in [2.24, 2.45) is 0 Å². The SMILES string of the molecule is N#Cc1ccc(N2CCC(N3CCS(=O)(=O)CC3)CC2)c(F)c1. The molecule has 0 aliphatic carbocycles. The van der Waals surface area contributed by atoms with Gasteiger partial charge in [-0.05, 0) is 31.0 Å². The van der Waals surface area contributed by atoms with Crippen LogP contribution in [-0.2, 0) is 9.84 Å². The van der Waals surface area contributed by atoms with Gasteiger partial charge in [-0.1, -0.05) is 0 Å². The van der Waals surface area contributed by atoms with Crippen molar-refractivity contribution in [3.05, 3.63) is 29.6 Å². The molecule has 0 amide bonds. The molecule has 2 saturated heterocycles. The molecule has 1 aromatic rings. The number of sulfone groups is 1. The van der Waals surface area contributed by atoms with E-state index in [0.29, 0.717) is 30.4 Å². The van der Waals surface area contributed by atoms with Gasteiger partial charge in [-0.15, -0.1) is 0 Å². The van der Waals surface area contributed by atoms with Crippen molar-refractivity contribution in [3.63, 3.8) is 0 Å². The largest absolute Gasteiger partial charge is 0.369 e. The number of nitriles is 1. The molecule has 23 heavy (non-hydrogen) atoms. The normalized spacial score (nSPS) is 22.7. The van der Waals surface area contributed by atoms with Crippen LogP contribution < -0.4 is 4.90 Å². The highest BCUT2D eigenvalue weighted by Gasteiger charge is 2.30. The standard InChI is InChI=1S/C16H20FN3O2S/c17-15-11-13(12-18)1-2-16(15)20-5-3-14(4-6-20)19-7-9-23(21,22)10-8-19/h1-2,11,14H,3-10H2. The highest BCUT2D eigenvalue weighted by molar-refractivity contribution is 7.91. The molecular formula is C16H20FN3O2S. The minimum Gasteiger partial charge on any atom is -0.369 e. The molecule has 2 aliphatic rings. The van der Waals surface area contributed by atoms with E-state index in [-0.39, 0.29) is 17.3 Å². The average molecular weight is 337 g/mol. The Bertz CT molecular complexity index is 707. The Hall–Kier alpha value is -1.65. The maximum absolute atomic E-state index is 14.1. The number of anilines is 1. The molecule has 1 aromatic carbocycles. The maximum Gasteiger partial charge on any atom is 0.152 e. The van der Waals surface area contributed by atoms with Crippen molar-refractivity contribution in [3.8, 4) is 6.07 Å². The average Bonchev–Trinajstić information content (AvgIpc) is 2.55. The molecule has 0 atom stereocenters. The molecule has 0 N–H and O–H groups in total. The van der Waals surface area contributed by atoms with Crippen LogP contribution in [0.2, 0.25) is 0 Å². The summed E-state index contributed by atoms with van der Waals surface area (Å²) < 4.78 is 37.1. The van der Waals surface area contributed by atoms with E-state index in [1.54, 1.807) is 12.1 Å². The van der Waals surface area contributed by atoms with Gasteiger partial charge < -0.3 is 4.90 Å². The zero-order valence-corrected chi connectivity index (χ0v) is 13.7. The van der Waals surface area contributed by atoms with Crippen LogP contribution in [0.4, 0.5) is 10.1 Å². The molecule has 0 bridgehead atoms. The van der Waals surface area contributed by atoms with E-state index in [1.807, 2.05) is 11.0 Å². The molecule has 0 spiro atoms. The molecule has 0 aromatic heterocycles. The fourth-order valence-corrected chi connectivity index (χ4v) is 4.63. The lowest BCUT2D eigenvalue weighted by atomic mass is 10.0. The van der Waals surface area contributed by atoms with Crippen molar-refractivity contribution in [2.75, 3.05) is 42.6 Å². The van der Waals surface area contributed by atoms with Crippen LogP contribution >= 0.6 is 0 Å². The first-order chi connectivity index (χ1) is 11.0. The summed E-state index contributed by atoms with van der Waals surface area (Å²) >= 11 is 0. The molecule has 124 valence electrons. The van der Waals surface area contributed by atoms with E-state index < -0.39 is 9.84 Å². The number of piperidine rings is 1. The summed E-state index contributed by atoms with van der Waals surface area (Å²) in [5.41, 5.74) is 0.874. The molecule has 3 rings (SSSR count). The number of hydrogen-bond donors (Lipinski definition) is 0. The van der Waals surface area contributed by atoms with Gasteiger partial charge in [-0.2, -0.15) is 5.26 Å². The van der Waals surface area contributed by atoms with Gasteiger partial charge in [-0.3, -0.25) is 4.90 Å². The summed E-state index contributed by atoms with van der Waals surface area (Å²) in [6.45, 7) is 2.71. The Labute approximate surface area is 136 Å². The molecule has 0 saturated carbocycles. The topological polar surface area (TPSA) is 64.4 Å². The van der Waals surface area contributed by atoms with Gasteiger partial charge in [-0.25, -0.2) is 12.8 Å². The first kappa shape index (κ1) is 16.2. The Morgan fingerprint density at radius 2 is 1.78 bits per heavy atom. The monoisotopic (exact) mass is 337 g/mol. The van der Waals surface area contributed by atoms with Crippen LogP contribution in [-0.4, -0.2) is 57.0 Å². The van der Waals surface area contributed by atoms with Crippen LogP contribution in [0.1, 0.15) is 18.4 Å². The van der Waals surface area contributed by atoms with Crippen molar-refractivity contribution < 1.29 is 12.8 Å². The van der Waals surface area contributed by atoms with Gasteiger partial charge in [0.1, 0.15) is 5.82 Å². The van der Waals surface area contributed by atoms with Crippen LogP contribution in [0.5, 0.6) is 0 Å². The Kier molecular flexibility index (Phi) is 4.55. The first-order valence-electron chi connectivity index (χ1n) is 7.87. The smallest absolute Gasteiger partial charge is 0.152 e. The number of rotatable bonds is 2. The second kappa shape index (κ2) is 6.46. The van der Waals surface area contributed by atoms with E-state index in [9.17, 15) is 12.8 Å². The third kappa shape index (κ3) is 3.65. The molecule has 0 radical (unpaired) electrons. The summed E-state index contributed by atoms with van der Waals surface area (Å²) in [5, 5.41) is 8.80. The van der Waals surface area contributed by atoms with Gasteiger partial charge in [0.2, 0.25) is 0 Å². The Balaban J connectivity index is 1.60. The minimum atomic E-state index is -2.85. The summed E-state index contributed by atoms with van der Waals surface area (Å²) in [5.74, 6) is 0.140. The van der Waals surface area contributed by atoms with Crippen molar-refractivity contribution in [2.45, 2.75) is 18.9 Å². The van der Waals surface area contributed by atoms with Gasteiger partial charge in [0.05, 0.1) is 28.8 Å². The zero-order chi connectivity index (χ0) is 16.4. The Morgan fingerprint density at radius 1 is 1.13 bits per heavy atom. The third-order valence-electron chi connectivity index (χ3n) is 4.78. The van der Waals surface area contributed by atoms with Crippen molar-refractivity contribution >= 4 is 15.5 Å².